The fourth-order valence-electron chi connectivity index (χ4n) is 1.43. The Kier molecular flexibility index (Phi) is 2.12. The van der Waals surface area contributed by atoms with Crippen LogP contribution in [0.3, 0.4) is 0 Å². The molecule has 0 aliphatic carbocycles. The number of rotatable bonds is 1. The molecule has 0 amide bonds. The molecule has 0 saturated heterocycles. The predicted molar refractivity (Wildman–Crippen MR) is 55.3 cm³/mol. The molecule has 1 nitrogen and oxygen atoms in total. The van der Waals surface area contributed by atoms with Crippen molar-refractivity contribution in [2.24, 2.45) is 0 Å². The first-order valence-corrected chi connectivity index (χ1v) is 4.97. The van der Waals surface area contributed by atoms with E-state index >= 15 is 0 Å². The SMILES string of the molecule is CCc1[nH]c2cc(F)ccc2c1Br. The van der Waals surface area contributed by atoms with Crippen LogP contribution in [0.2, 0.25) is 0 Å². The van der Waals surface area contributed by atoms with E-state index in [4.69, 9.17) is 0 Å². The van der Waals surface area contributed by atoms with Gasteiger partial charge >= 0.3 is 0 Å². The van der Waals surface area contributed by atoms with Crippen molar-refractivity contribution in [3.63, 3.8) is 0 Å². The van der Waals surface area contributed by atoms with Crippen LogP contribution in [-0.2, 0) is 6.42 Å². The quantitative estimate of drug-likeness (QED) is 0.785. The summed E-state index contributed by atoms with van der Waals surface area (Å²) in [6.45, 7) is 2.06. The van der Waals surface area contributed by atoms with E-state index in [0.29, 0.717) is 0 Å². The molecular weight excluding hydrogens is 233 g/mol. The maximum atomic E-state index is 12.8. The van der Waals surface area contributed by atoms with Gasteiger partial charge in [0.05, 0.1) is 0 Å². The molecule has 0 spiro atoms. The summed E-state index contributed by atoms with van der Waals surface area (Å²) in [4.78, 5) is 3.17. The Morgan fingerprint density at radius 1 is 1.46 bits per heavy atom. The van der Waals surface area contributed by atoms with Crippen LogP contribution >= 0.6 is 15.9 Å². The monoisotopic (exact) mass is 241 g/mol. The summed E-state index contributed by atoms with van der Waals surface area (Å²) in [5.41, 5.74) is 1.96. The molecule has 1 heterocycles. The van der Waals surface area contributed by atoms with Gasteiger partial charge in [-0.05, 0) is 40.5 Å². The second kappa shape index (κ2) is 3.14. The Morgan fingerprint density at radius 3 is 2.92 bits per heavy atom. The molecule has 0 bridgehead atoms. The van der Waals surface area contributed by atoms with Gasteiger partial charge in [0, 0.05) is 21.1 Å². The summed E-state index contributed by atoms with van der Waals surface area (Å²) in [5.74, 6) is -0.205. The highest BCUT2D eigenvalue weighted by molar-refractivity contribution is 9.10. The fraction of sp³-hybridized carbons (Fsp3) is 0.200. The average Bonchev–Trinajstić information content (AvgIpc) is 2.42. The number of H-pyrrole nitrogens is 1. The lowest BCUT2D eigenvalue weighted by Crippen LogP contribution is -1.77. The summed E-state index contributed by atoms with van der Waals surface area (Å²) < 4.78 is 13.9. The van der Waals surface area contributed by atoms with E-state index in [2.05, 4.69) is 27.8 Å². The number of aromatic nitrogens is 1. The first-order valence-electron chi connectivity index (χ1n) is 4.18. The van der Waals surface area contributed by atoms with E-state index in [-0.39, 0.29) is 5.82 Å². The molecule has 68 valence electrons. The Hall–Kier alpha value is -0.830. The topological polar surface area (TPSA) is 15.8 Å². The summed E-state index contributed by atoms with van der Waals surface area (Å²) in [5, 5.41) is 1.04. The Bertz CT molecular complexity index is 447. The van der Waals surface area contributed by atoms with Gasteiger partial charge in [-0.25, -0.2) is 4.39 Å². The number of hydrogen-bond acceptors (Lipinski definition) is 0. The second-order valence-electron chi connectivity index (χ2n) is 2.96. The number of fused-ring (bicyclic) bond motifs is 1. The zero-order valence-electron chi connectivity index (χ0n) is 7.20. The number of benzene rings is 1. The molecule has 0 radical (unpaired) electrons. The number of halogens is 2. The molecule has 1 aromatic heterocycles. The molecule has 0 aliphatic heterocycles. The number of aromatic amines is 1. The van der Waals surface area contributed by atoms with Crippen LogP contribution in [0.4, 0.5) is 4.39 Å². The van der Waals surface area contributed by atoms with Crippen molar-refractivity contribution in [3.05, 3.63) is 34.2 Å². The minimum absolute atomic E-state index is 0.205. The van der Waals surface area contributed by atoms with Gasteiger partial charge in [0.15, 0.2) is 0 Å². The molecule has 3 heteroatoms. The molecule has 0 fully saturated rings. The van der Waals surface area contributed by atoms with Crippen LogP contribution in [0.1, 0.15) is 12.6 Å². The van der Waals surface area contributed by atoms with Crippen LogP contribution < -0.4 is 0 Å². The van der Waals surface area contributed by atoms with Gasteiger partial charge in [0.1, 0.15) is 5.82 Å². The van der Waals surface area contributed by atoms with Crippen molar-refractivity contribution >= 4 is 26.8 Å². The Labute approximate surface area is 84.1 Å². The summed E-state index contributed by atoms with van der Waals surface area (Å²) in [6, 6.07) is 4.77. The van der Waals surface area contributed by atoms with Gasteiger partial charge in [-0.3, -0.25) is 0 Å². The maximum absolute atomic E-state index is 12.8. The predicted octanol–water partition coefficient (Wildman–Crippen LogP) is 3.63. The lowest BCUT2D eigenvalue weighted by atomic mass is 10.2. The van der Waals surface area contributed by atoms with Gasteiger partial charge < -0.3 is 4.98 Å². The fourth-order valence-corrected chi connectivity index (χ4v) is 2.16. The van der Waals surface area contributed by atoms with E-state index in [1.54, 1.807) is 6.07 Å². The molecular formula is C10H9BrFN. The number of hydrogen-bond donors (Lipinski definition) is 1. The van der Waals surface area contributed by atoms with Crippen LogP contribution in [0.25, 0.3) is 10.9 Å². The second-order valence-corrected chi connectivity index (χ2v) is 3.75. The minimum atomic E-state index is -0.205. The normalized spacial score (nSPS) is 11.0. The van der Waals surface area contributed by atoms with E-state index in [9.17, 15) is 4.39 Å². The highest BCUT2D eigenvalue weighted by Gasteiger charge is 2.07. The summed E-state index contributed by atoms with van der Waals surface area (Å²) in [6.07, 6.45) is 0.914. The highest BCUT2D eigenvalue weighted by atomic mass is 79.9. The van der Waals surface area contributed by atoms with Crippen molar-refractivity contribution in [1.82, 2.24) is 4.98 Å². The summed E-state index contributed by atoms with van der Waals surface area (Å²) in [7, 11) is 0. The molecule has 13 heavy (non-hydrogen) atoms. The van der Waals surface area contributed by atoms with Crippen LogP contribution in [-0.4, -0.2) is 4.98 Å². The molecule has 0 unspecified atom stereocenters. The lowest BCUT2D eigenvalue weighted by Gasteiger charge is -1.90. The molecule has 0 atom stereocenters. The van der Waals surface area contributed by atoms with Crippen LogP contribution in [0.5, 0.6) is 0 Å². The zero-order chi connectivity index (χ0) is 9.42. The zero-order valence-corrected chi connectivity index (χ0v) is 8.78. The molecule has 2 aromatic rings. The van der Waals surface area contributed by atoms with E-state index in [1.165, 1.54) is 12.1 Å². The largest absolute Gasteiger partial charge is 0.357 e. The van der Waals surface area contributed by atoms with Gasteiger partial charge in [-0.1, -0.05) is 6.92 Å². The molecule has 1 aromatic carbocycles. The smallest absolute Gasteiger partial charge is 0.125 e. The van der Waals surface area contributed by atoms with Crippen molar-refractivity contribution < 1.29 is 4.39 Å². The van der Waals surface area contributed by atoms with Crippen LogP contribution in [0, 0.1) is 5.82 Å². The molecule has 2 rings (SSSR count). The van der Waals surface area contributed by atoms with Gasteiger partial charge in [-0.2, -0.15) is 0 Å². The van der Waals surface area contributed by atoms with Crippen LogP contribution in [0.15, 0.2) is 22.7 Å². The third kappa shape index (κ3) is 1.37. The Morgan fingerprint density at radius 2 is 2.23 bits per heavy atom. The highest BCUT2D eigenvalue weighted by Crippen LogP contribution is 2.28. The number of nitrogens with one attached hydrogen (secondary N) is 1. The van der Waals surface area contributed by atoms with E-state index in [1.807, 2.05) is 0 Å². The van der Waals surface area contributed by atoms with Crippen molar-refractivity contribution in [3.8, 4) is 0 Å². The van der Waals surface area contributed by atoms with E-state index in [0.717, 1.165) is 27.5 Å². The van der Waals surface area contributed by atoms with Gasteiger partial charge in [0.2, 0.25) is 0 Å². The molecule has 1 N–H and O–H groups in total. The average molecular weight is 242 g/mol. The maximum Gasteiger partial charge on any atom is 0.125 e. The third-order valence-electron chi connectivity index (χ3n) is 2.12. The van der Waals surface area contributed by atoms with Crippen molar-refractivity contribution in [2.75, 3.05) is 0 Å². The summed E-state index contributed by atoms with van der Waals surface area (Å²) >= 11 is 3.48. The molecule has 0 saturated carbocycles. The van der Waals surface area contributed by atoms with Gasteiger partial charge in [0.25, 0.3) is 0 Å². The molecule has 0 aliphatic rings. The Balaban J connectivity index is 2.76. The lowest BCUT2D eigenvalue weighted by molar-refractivity contribution is 0.629. The van der Waals surface area contributed by atoms with Gasteiger partial charge in [-0.15, -0.1) is 0 Å². The third-order valence-corrected chi connectivity index (χ3v) is 3.03. The number of aryl methyl sites for hydroxylation is 1. The van der Waals surface area contributed by atoms with Crippen molar-refractivity contribution in [1.29, 1.82) is 0 Å². The first-order chi connectivity index (χ1) is 6.22. The minimum Gasteiger partial charge on any atom is -0.357 e. The standard InChI is InChI=1S/C10H9BrFN/c1-2-8-10(11)7-4-3-6(12)5-9(7)13-8/h3-5,13H,2H2,1H3. The van der Waals surface area contributed by atoms with E-state index < -0.39 is 0 Å². The van der Waals surface area contributed by atoms with Crippen molar-refractivity contribution in [2.45, 2.75) is 13.3 Å². The first kappa shape index (κ1) is 8.75.